The maximum atomic E-state index is 13.1. The van der Waals surface area contributed by atoms with Crippen LogP contribution in [0.15, 0.2) is 42.5 Å². The van der Waals surface area contributed by atoms with E-state index >= 15 is 0 Å². The van der Waals surface area contributed by atoms with Crippen molar-refractivity contribution < 1.29 is 9.59 Å². The number of halogens is 1. The summed E-state index contributed by atoms with van der Waals surface area (Å²) in [5.74, 6) is 0.386. The number of carbonyl (C=O) groups is 2. The highest BCUT2D eigenvalue weighted by Gasteiger charge is 2.33. The Morgan fingerprint density at radius 1 is 1.00 bits per heavy atom. The summed E-state index contributed by atoms with van der Waals surface area (Å²) in [6.45, 7) is 5.93. The van der Waals surface area contributed by atoms with Gasteiger partial charge in [-0.15, -0.1) is 12.4 Å². The van der Waals surface area contributed by atoms with Crippen molar-refractivity contribution >= 4 is 35.0 Å². The lowest BCUT2D eigenvalue weighted by atomic mass is 9.93. The second-order valence-electron chi connectivity index (χ2n) is 7.68. The molecule has 0 radical (unpaired) electrons. The minimum absolute atomic E-state index is 0. The van der Waals surface area contributed by atoms with Gasteiger partial charge in [-0.25, -0.2) is 0 Å². The molecule has 2 saturated heterocycles. The van der Waals surface area contributed by atoms with Crippen LogP contribution in [0.5, 0.6) is 0 Å². The van der Waals surface area contributed by atoms with E-state index in [2.05, 4.69) is 12.2 Å². The molecule has 2 fully saturated rings. The molecule has 0 aliphatic carbocycles. The van der Waals surface area contributed by atoms with Crippen molar-refractivity contribution in [2.24, 2.45) is 5.92 Å². The molecule has 150 valence electrons. The Kier molecular flexibility index (Phi) is 6.57. The lowest BCUT2D eigenvalue weighted by molar-refractivity contribution is -0.139. The zero-order chi connectivity index (χ0) is 18.8. The molecule has 1 atom stereocenters. The van der Waals surface area contributed by atoms with Gasteiger partial charge in [-0.2, -0.15) is 0 Å². The van der Waals surface area contributed by atoms with Crippen LogP contribution in [0, 0.1) is 5.92 Å². The zero-order valence-electron chi connectivity index (χ0n) is 16.3. The van der Waals surface area contributed by atoms with E-state index in [9.17, 15) is 9.59 Å². The molecule has 6 heteroatoms. The number of likely N-dealkylation sites (tertiary alicyclic amines) is 1. The second kappa shape index (κ2) is 8.93. The third-order valence-corrected chi connectivity index (χ3v) is 5.94. The van der Waals surface area contributed by atoms with Crippen LogP contribution < -0.4 is 5.32 Å². The summed E-state index contributed by atoms with van der Waals surface area (Å²) in [5.41, 5.74) is 0.758. The minimum Gasteiger partial charge on any atom is -0.339 e. The van der Waals surface area contributed by atoms with Crippen LogP contribution in [-0.4, -0.2) is 60.4 Å². The standard InChI is InChI=1S/C22H27N3O2.ClH/c1-16-15-23-11-14-25(16)21(26)18-9-12-24(13-10-18)22(27)20-8-4-6-17-5-2-3-7-19(17)20;/h2-8,16,18,23H,9-15H2,1H3;1H. The number of hydrogen-bond acceptors (Lipinski definition) is 3. The number of fused-ring (bicyclic) bond motifs is 1. The average Bonchev–Trinajstić information content (AvgIpc) is 2.73. The Balaban J connectivity index is 0.00000225. The summed E-state index contributed by atoms with van der Waals surface area (Å²) in [7, 11) is 0. The molecule has 0 bridgehead atoms. The fourth-order valence-electron chi connectivity index (χ4n) is 4.31. The van der Waals surface area contributed by atoms with Crippen molar-refractivity contribution in [2.75, 3.05) is 32.7 Å². The molecule has 2 heterocycles. The van der Waals surface area contributed by atoms with Crippen LogP contribution in [0.3, 0.4) is 0 Å². The van der Waals surface area contributed by atoms with Gasteiger partial charge in [-0.05, 0) is 36.6 Å². The van der Waals surface area contributed by atoms with E-state index in [0.717, 1.165) is 48.8 Å². The van der Waals surface area contributed by atoms with E-state index < -0.39 is 0 Å². The molecule has 1 N–H and O–H groups in total. The molecule has 2 aliphatic heterocycles. The molecule has 1 unspecified atom stereocenters. The van der Waals surface area contributed by atoms with Crippen LogP contribution in [0.1, 0.15) is 30.1 Å². The van der Waals surface area contributed by atoms with Gasteiger partial charge in [0, 0.05) is 50.2 Å². The minimum atomic E-state index is 0. The molecule has 4 rings (SSSR count). The van der Waals surface area contributed by atoms with Crippen LogP contribution >= 0.6 is 12.4 Å². The fraction of sp³-hybridized carbons (Fsp3) is 0.455. The van der Waals surface area contributed by atoms with Crippen LogP contribution in [0.25, 0.3) is 10.8 Å². The largest absolute Gasteiger partial charge is 0.339 e. The average molecular weight is 402 g/mol. The molecule has 2 aliphatic rings. The van der Waals surface area contributed by atoms with Gasteiger partial charge in [0.15, 0.2) is 0 Å². The molecule has 5 nitrogen and oxygen atoms in total. The van der Waals surface area contributed by atoms with Crippen molar-refractivity contribution in [2.45, 2.75) is 25.8 Å². The first kappa shape index (κ1) is 20.6. The summed E-state index contributed by atoms with van der Waals surface area (Å²) in [4.78, 5) is 29.9. The number of amides is 2. The van der Waals surface area contributed by atoms with Crippen molar-refractivity contribution in [3.63, 3.8) is 0 Å². The zero-order valence-corrected chi connectivity index (χ0v) is 17.1. The topological polar surface area (TPSA) is 52.7 Å². The third-order valence-electron chi connectivity index (χ3n) is 5.94. The summed E-state index contributed by atoms with van der Waals surface area (Å²) in [6, 6.07) is 14.1. The maximum absolute atomic E-state index is 13.1. The maximum Gasteiger partial charge on any atom is 0.254 e. The van der Waals surface area contributed by atoms with E-state index in [1.165, 1.54) is 0 Å². The molecular weight excluding hydrogens is 374 g/mol. The molecule has 2 amide bonds. The van der Waals surface area contributed by atoms with Gasteiger partial charge in [-0.1, -0.05) is 36.4 Å². The predicted octanol–water partition coefficient (Wildman–Crippen LogP) is 2.93. The normalized spacial score (nSPS) is 20.7. The Labute approximate surface area is 172 Å². The lowest BCUT2D eigenvalue weighted by Gasteiger charge is -2.39. The highest BCUT2D eigenvalue weighted by molar-refractivity contribution is 6.07. The summed E-state index contributed by atoms with van der Waals surface area (Å²) < 4.78 is 0. The number of carbonyl (C=O) groups excluding carboxylic acids is 2. The van der Waals surface area contributed by atoms with Gasteiger partial charge in [-0.3, -0.25) is 9.59 Å². The molecule has 2 aromatic rings. The van der Waals surface area contributed by atoms with Crippen LogP contribution in [0.4, 0.5) is 0 Å². The number of piperidine rings is 1. The lowest BCUT2D eigenvalue weighted by Crippen LogP contribution is -2.55. The molecule has 28 heavy (non-hydrogen) atoms. The van der Waals surface area contributed by atoms with E-state index in [4.69, 9.17) is 0 Å². The van der Waals surface area contributed by atoms with E-state index in [1.54, 1.807) is 0 Å². The molecule has 0 saturated carbocycles. The van der Waals surface area contributed by atoms with Gasteiger partial charge < -0.3 is 15.1 Å². The smallest absolute Gasteiger partial charge is 0.254 e. The monoisotopic (exact) mass is 401 g/mol. The Morgan fingerprint density at radius 3 is 2.46 bits per heavy atom. The van der Waals surface area contributed by atoms with E-state index in [1.807, 2.05) is 52.3 Å². The van der Waals surface area contributed by atoms with Gasteiger partial charge in [0.2, 0.25) is 5.91 Å². The van der Waals surface area contributed by atoms with Crippen molar-refractivity contribution in [1.29, 1.82) is 0 Å². The Bertz CT molecular complexity index is 843. The first-order valence-corrected chi connectivity index (χ1v) is 9.93. The first-order chi connectivity index (χ1) is 13.1. The van der Waals surface area contributed by atoms with E-state index in [0.29, 0.717) is 13.1 Å². The summed E-state index contributed by atoms with van der Waals surface area (Å²) in [5, 5.41) is 5.41. The number of rotatable bonds is 2. The first-order valence-electron chi connectivity index (χ1n) is 9.93. The quantitative estimate of drug-likeness (QED) is 0.841. The van der Waals surface area contributed by atoms with Crippen molar-refractivity contribution in [1.82, 2.24) is 15.1 Å². The van der Waals surface area contributed by atoms with Crippen molar-refractivity contribution in [3.05, 3.63) is 48.0 Å². The predicted molar refractivity (Wildman–Crippen MR) is 114 cm³/mol. The Hall–Kier alpha value is -2.11. The summed E-state index contributed by atoms with van der Waals surface area (Å²) in [6.07, 6.45) is 1.51. The number of benzene rings is 2. The second-order valence-corrected chi connectivity index (χ2v) is 7.68. The SMILES string of the molecule is CC1CNCCN1C(=O)C1CCN(C(=O)c2cccc3ccccc23)CC1.Cl. The molecule has 0 spiro atoms. The van der Waals surface area contributed by atoms with Gasteiger partial charge in [0.1, 0.15) is 0 Å². The molecular formula is C22H28ClN3O2. The molecule has 2 aromatic carbocycles. The number of nitrogens with one attached hydrogen (secondary N) is 1. The number of nitrogens with zero attached hydrogens (tertiary/aromatic N) is 2. The summed E-state index contributed by atoms with van der Waals surface area (Å²) >= 11 is 0. The highest BCUT2D eigenvalue weighted by Crippen LogP contribution is 2.25. The van der Waals surface area contributed by atoms with E-state index in [-0.39, 0.29) is 36.2 Å². The van der Waals surface area contributed by atoms with Gasteiger partial charge >= 0.3 is 0 Å². The third kappa shape index (κ3) is 4.01. The van der Waals surface area contributed by atoms with Crippen LogP contribution in [-0.2, 0) is 4.79 Å². The highest BCUT2D eigenvalue weighted by atomic mass is 35.5. The van der Waals surface area contributed by atoms with Crippen molar-refractivity contribution in [3.8, 4) is 0 Å². The molecule has 0 aromatic heterocycles. The Morgan fingerprint density at radius 2 is 1.71 bits per heavy atom. The fourth-order valence-corrected chi connectivity index (χ4v) is 4.31. The number of hydrogen-bond donors (Lipinski definition) is 1. The van der Waals surface area contributed by atoms with Gasteiger partial charge in [0.05, 0.1) is 0 Å². The van der Waals surface area contributed by atoms with Crippen LogP contribution in [0.2, 0.25) is 0 Å². The van der Waals surface area contributed by atoms with Gasteiger partial charge in [0.25, 0.3) is 5.91 Å². The number of piperazine rings is 1.